The molecule has 2 aromatic rings. The van der Waals surface area contributed by atoms with Crippen LogP contribution in [0.1, 0.15) is 12.0 Å². The van der Waals surface area contributed by atoms with E-state index in [2.05, 4.69) is 5.32 Å². The SMILES string of the molecule is N=C(N)C(CCc1ccc(Cl)cc1)Oc1ccc(N2CCNCC2O)cc1. The summed E-state index contributed by atoms with van der Waals surface area (Å²) in [5.74, 6) is 0.658. The van der Waals surface area contributed by atoms with E-state index in [4.69, 9.17) is 27.5 Å². The Kier molecular flexibility index (Phi) is 6.55. The van der Waals surface area contributed by atoms with E-state index in [0.717, 1.165) is 30.8 Å². The van der Waals surface area contributed by atoms with Crippen LogP contribution in [0.2, 0.25) is 5.02 Å². The highest BCUT2D eigenvalue weighted by atomic mass is 35.5. The number of aliphatic hydroxyl groups excluding tert-OH is 1. The third-order valence-corrected chi connectivity index (χ3v) is 4.87. The van der Waals surface area contributed by atoms with E-state index in [1.807, 2.05) is 53.4 Å². The van der Waals surface area contributed by atoms with Gasteiger partial charge in [-0.1, -0.05) is 23.7 Å². The molecular weight excluding hydrogens is 364 g/mol. The molecule has 1 aliphatic rings. The number of β-amino-alcohol motifs (C(OH)–C–C–N with tert-alkyl or cyclic N) is 1. The van der Waals surface area contributed by atoms with Gasteiger partial charge in [0.1, 0.15) is 17.8 Å². The first-order valence-electron chi connectivity index (χ1n) is 9.03. The first-order valence-corrected chi connectivity index (χ1v) is 9.41. The van der Waals surface area contributed by atoms with Gasteiger partial charge in [-0.3, -0.25) is 5.41 Å². The predicted octanol–water partition coefficient (Wildman–Crippen LogP) is 2.38. The molecule has 27 heavy (non-hydrogen) atoms. The quantitative estimate of drug-likeness (QED) is 0.431. The number of nitrogens with two attached hydrogens (primary N) is 1. The molecule has 7 heteroatoms. The van der Waals surface area contributed by atoms with Gasteiger partial charge in [-0.2, -0.15) is 0 Å². The average Bonchev–Trinajstić information content (AvgIpc) is 2.67. The van der Waals surface area contributed by atoms with E-state index in [0.29, 0.717) is 23.7 Å². The highest BCUT2D eigenvalue weighted by Crippen LogP contribution is 2.23. The van der Waals surface area contributed by atoms with Crippen LogP contribution in [0.3, 0.4) is 0 Å². The van der Waals surface area contributed by atoms with Gasteiger partial charge in [-0.05, 0) is 54.8 Å². The first kappa shape index (κ1) is 19.5. The number of anilines is 1. The van der Waals surface area contributed by atoms with Crippen LogP contribution < -0.4 is 20.7 Å². The van der Waals surface area contributed by atoms with E-state index in [9.17, 15) is 5.11 Å². The fourth-order valence-electron chi connectivity index (χ4n) is 3.10. The fourth-order valence-corrected chi connectivity index (χ4v) is 3.22. The molecule has 0 spiro atoms. The largest absolute Gasteiger partial charge is 0.483 e. The monoisotopic (exact) mass is 388 g/mol. The Bertz CT molecular complexity index is 752. The third-order valence-electron chi connectivity index (χ3n) is 4.62. The summed E-state index contributed by atoms with van der Waals surface area (Å²) in [6.45, 7) is 2.14. The Morgan fingerprint density at radius 1 is 1.26 bits per heavy atom. The summed E-state index contributed by atoms with van der Waals surface area (Å²) in [5.41, 5.74) is 7.79. The van der Waals surface area contributed by atoms with Gasteiger partial charge in [0.15, 0.2) is 6.10 Å². The molecule has 3 rings (SSSR count). The molecule has 1 aliphatic heterocycles. The fraction of sp³-hybridized carbons (Fsp3) is 0.350. The van der Waals surface area contributed by atoms with Crippen LogP contribution in [0.5, 0.6) is 5.75 Å². The van der Waals surface area contributed by atoms with Crippen molar-refractivity contribution in [1.82, 2.24) is 5.32 Å². The molecule has 0 aromatic heterocycles. The highest BCUT2D eigenvalue weighted by molar-refractivity contribution is 6.30. The van der Waals surface area contributed by atoms with Crippen LogP contribution in [-0.2, 0) is 6.42 Å². The maximum absolute atomic E-state index is 10.1. The number of nitrogens with one attached hydrogen (secondary N) is 2. The minimum atomic E-state index is -0.533. The smallest absolute Gasteiger partial charge is 0.155 e. The number of rotatable bonds is 7. The van der Waals surface area contributed by atoms with Crippen molar-refractivity contribution in [2.75, 3.05) is 24.5 Å². The van der Waals surface area contributed by atoms with Crippen molar-refractivity contribution >= 4 is 23.1 Å². The van der Waals surface area contributed by atoms with Gasteiger partial charge in [0.05, 0.1) is 0 Å². The molecule has 1 saturated heterocycles. The summed E-state index contributed by atoms with van der Waals surface area (Å²) in [6, 6.07) is 15.2. The summed E-state index contributed by atoms with van der Waals surface area (Å²) < 4.78 is 5.92. The number of piperazine rings is 1. The molecule has 0 radical (unpaired) electrons. The number of halogens is 1. The number of hydrogen-bond acceptors (Lipinski definition) is 5. The summed E-state index contributed by atoms with van der Waals surface area (Å²) in [5, 5.41) is 21.8. The van der Waals surface area contributed by atoms with Gasteiger partial charge in [0.25, 0.3) is 0 Å². The Labute approximate surface area is 164 Å². The third kappa shape index (κ3) is 5.35. The molecule has 0 amide bonds. The maximum atomic E-state index is 10.1. The van der Waals surface area contributed by atoms with Crippen molar-refractivity contribution in [3.8, 4) is 5.75 Å². The number of aliphatic hydroxyl groups is 1. The van der Waals surface area contributed by atoms with E-state index in [1.54, 1.807) is 0 Å². The van der Waals surface area contributed by atoms with Crippen molar-refractivity contribution in [3.63, 3.8) is 0 Å². The minimum Gasteiger partial charge on any atom is -0.483 e. The standard InChI is InChI=1S/C20H25ClN4O2/c21-15-4-1-14(2-5-15)3-10-18(20(22)23)27-17-8-6-16(7-9-17)25-12-11-24-13-19(25)26/h1-2,4-9,18-19,24,26H,3,10-13H2,(H3,22,23). The second kappa shape index (κ2) is 9.08. The average molecular weight is 389 g/mol. The van der Waals surface area contributed by atoms with Crippen molar-refractivity contribution in [2.24, 2.45) is 5.73 Å². The molecule has 0 saturated carbocycles. The molecule has 1 fully saturated rings. The topological polar surface area (TPSA) is 94.6 Å². The molecule has 2 atom stereocenters. The number of amidine groups is 1. The Morgan fingerprint density at radius 2 is 1.96 bits per heavy atom. The zero-order valence-electron chi connectivity index (χ0n) is 15.1. The molecule has 2 aromatic carbocycles. The van der Waals surface area contributed by atoms with Gasteiger partial charge >= 0.3 is 0 Å². The minimum absolute atomic E-state index is 0.00515. The molecule has 6 nitrogen and oxygen atoms in total. The molecule has 1 heterocycles. The van der Waals surface area contributed by atoms with Crippen LogP contribution in [0.4, 0.5) is 5.69 Å². The van der Waals surface area contributed by atoms with E-state index < -0.39 is 12.3 Å². The maximum Gasteiger partial charge on any atom is 0.155 e. The zero-order valence-corrected chi connectivity index (χ0v) is 15.8. The van der Waals surface area contributed by atoms with E-state index in [1.165, 1.54) is 0 Å². The van der Waals surface area contributed by atoms with Crippen molar-refractivity contribution in [2.45, 2.75) is 25.2 Å². The zero-order chi connectivity index (χ0) is 19.2. The van der Waals surface area contributed by atoms with Crippen molar-refractivity contribution in [3.05, 3.63) is 59.1 Å². The van der Waals surface area contributed by atoms with Gasteiger partial charge < -0.3 is 25.8 Å². The Balaban J connectivity index is 1.60. The van der Waals surface area contributed by atoms with Crippen LogP contribution >= 0.6 is 11.6 Å². The van der Waals surface area contributed by atoms with Gasteiger partial charge in [0, 0.05) is 30.3 Å². The molecule has 144 valence electrons. The van der Waals surface area contributed by atoms with Crippen LogP contribution in [-0.4, -0.2) is 42.9 Å². The summed E-state index contributed by atoms with van der Waals surface area (Å²) in [6.07, 6.45) is 0.327. The lowest BCUT2D eigenvalue weighted by atomic mass is 10.1. The molecular formula is C20H25ClN4O2. The second-order valence-electron chi connectivity index (χ2n) is 6.60. The lowest BCUT2D eigenvalue weighted by Gasteiger charge is -2.34. The van der Waals surface area contributed by atoms with Crippen LogP contribution in [0, 0.1) is 5.41 Å². The van der Waals surface area contributed by atoms with Gasteiger partial charge in [-0.25, -0.2) is 0 Å². The molecule has 2 unspecified atom stereocenters. The van der Waals surface area contributed by atoms with E-state index in [-0.39, 0.29) is 5.84 Å². The van der Waals surface area contributed by atoms with Crippen molar-refractivity contribution < 1.29 is 9.84 Å². The van der Waals surface area contributed by atoms with Crippen LogP contribution in [0.25, 0.3) is 0 Å². The normalized spacial score (nSPS) is 18.1. The number of nitrogens with zero attached hydrogens (tertiary/aromatic N) is 1. The van der Waals surface area contributed by atoms with E-state index >= 15 is 0 Å². The lowest BCUT2D eigenvalue weighted by Crippen LogP contribution is -2.51. The van der Waals surface area contributed by atoms with Crippen molar-refractivity contribution in [1.29, 1.82) is 5.41 Å². The summed E-state index contributed by atoms with van der Waals surface area (Å²) in [7, 11) is 0. The second-order valence-corrected chi connectivity index (χ2v) is 7.04. The number of ether oxygens (including phenoxy) is 1. The number of hydrogen-bond donors (Lipinski definition) is 4. The summed E-state index contributed by atoms with van der Waals surface area (Å²) in [4.78, 5) is 1.95. The first-order chi connectivity index (χ1) is 13.0. The summed E-state index contributed by atoms with van der Waals surface area (Å²) >= 11 is 5.91. The molecule has 0 aliphatic carbocycles. The Morgan fingerprint density at radius 3 is 2.59 bits per heavy atom. The predicted molar refractivity (Wildman–Crippen MR) is 109 cm³/mol. The highest BCUT2D eigenvalue weighted by Gasteiger charge is 2.20. The molecule has 5 N–H and O–H groups in total. The number of benzene rings is 2. The molecule has 0 bridgehead atoms. The Hall–Kier alpha value is -2.28. The van der Waals surface area contributed by atoms with Crippen LogP contribution in [0.15, 0.2) is 48.5 Å². The van der Waals surface area contributed by atoms with Gasteiger partial charge in [0.2, 0.25) is 0 Å². The lowest BCUT2D eigenvalue weighted by molar-refractivity contribution is 0.152. The number of aryl methyl sites for hydroxylation is 1. The van der Waals surface area contributed by atoms with Gasteiger partial charge in [-0.15, -0.1) is 0 Å².